The molecule has 2 saturated heterocycles. The van der Waals surface area contributed by atoms with Crippen LogP contribution in [0, 0.1) is 0 Å². The zero-order valence-corrected chi connectivity index (χ0v) is 11.6. The van der Waals surface area contributed by atoms with Gasteiger partial charge in [0.2, 0.25) is 0 Å². The highest BCUT2D eigenvalue weighted by Crippen LogP contribution is 2.35. The van der Waals surface area contributed by atoms with Crippen molar-refractivity contribution >= 4 is 22.5 Å². The largest absolute Gasteiger partial charge is 0.417 e. The van der Waals surface area contributed by atoms with Gasteiger partial charge in [-0.2, -0.15) is 0 Å². The van der Waals surface area contributed by atoms with Gasteiger partial charge in [0.1, 0.15) is 0 Å². The third-order valence-electron chi connectivity index (χ3n) is 4.14. The summed E-state index contributed by atoms with van der Waals surface area (Å²) >= 11 is 0. The number of hydrogen-bond acceptors (Lipinski definition) is 6. The lowest BCUT2D eigenvalue weighted by atomic mass is 10.0. The number of nitrogens with zero attached hydrogens (tertiary/aromatic N) is 1. The number of H-pyrrole nitrogens is 1. The van der Waals surface area contributed by atoms with Crippen LogP contribution in [0.3, 0.4) is 0 Å². The maximum atomic E-state index is 11.3. The molecule has 0 aliphatic carbocycles. The van der Waals surface area contributed by atoms with Crippen LogP contribution in [0.2, 0.25) is 0 Å². The van der Waals surface area contributed by atoms with Crippen molar-refractivity contribution in [3.05, 3.63) is 22.7 Å². The van der Waals surface area contributed by atoms with Crippen molar-refractivity contribution in [1.29, 1.82) is 0 Å². The Kier molecular flexibility index (Phi) is 2.73. The lowest BCUT2D eigenvalue weighted by molar-refractivity contribution is -0.161. The topological polar surface area (TPSA) is 93.7 Å². The molecule has 0 atom stereocenters. The van der Waals surface area contributed by atoms with Crippen LogP contribution >= 0.6 is 0 Å². The molecule has 4 rings (SSSR count). The first kappa shape index (κ1) is 12.7. The molecule has 1 aromatic carbocycles. The minimum absolute atomic E-state index is 0.473. The molecule has 1 aromatic heterocycles. The van der Waals surface area contributed by atoms with E-state index in [1.54, 1.807) is 6.07 Å². The number of hydrogen-bond donors (Lipinski definition) is 2. The Balaban J connectivity index is 1.71. The molecule has 2 aliphatic rings. The molecular formula is C14H17N3O4. The van der Waals surface area contributed by atoms with E-state index in [1.165, 1.54) is 0 Å². The molecule has 0 unspecified atom stereocenters. The molecule has 7 nitrogen and oxygen atoms in total. The van der Waals surface area contributed by atoms with Gasteiger partial charge in [0, 0.05) is 19.0 Å². The third kappa shape index (κ3) is 2.09. The monoisotopic (exact) mass is 291 g/mol. The summed E-state index contributed by atoms with van der Waals surface area (Å²) in [5, 5.41) is 0. The lowest BCUT2D eigenvalue weighted by Gasteiger charge is -2.40. The Morgan fingerprint density at radius 3 is 2.90 bits per heavy atom. The number of aromatic amines is 1. The van der Waals surface area contributed by atoms with Crippen molar-refractivity contribution < 1.29 is 13.9 Å². The molecule has 7 heteroatoms. The summed E-state index contributed by atoms with van der Waals surface area (Å²) in [6.45, 7) is 2.80. The number of benzene rings is 1. The van der Waals surface area contributed by atoms with Gasteiger partial charge < -0.3 is 24.5 Å². The van der Waals surface area contributed by atoms with E-state index in [1.807, 2.05) is 6.07 Å². The highest BCUT2D eigenvalue weighted by atomic mass is 16.7. The fraction of sp³-hybridized carbons (Fsp3) is 0.500. The quantitative estimate of drug-likeness (QED) is 0.763. The van der Waals surface area contributed by atoms with Gasteiger partial charge in [0.05, 0.1) is 36.6 Å². The molecule has 0 bridgehead atoms. The summed E-state index contributed by atoms with van der Waals surface area (Å²) < 4.78 is 16.6. The second kappa shape index (κ2) is 4.51. The number of fused-ring (bicyclic) bond motifs is 1. The summed E-state index contributed by atoms with van der Waals surface area (Å²) in [6, 6.07) is 3.53. The standard InChI is InChI=1S/C14H17N3O4/c15-9-6-12-10(16-13(18)21-12)7-11(9)17-3-1-2-14(8-17)19-4-5-20-14/h6-7H,1-5,8,15H2,(H,16,18). The molecule has 3 N–H and O–H groups in total. The summed E-state index contributed by atoms with van der Waals surface area (Å²) in [5.74, 6) is -0.983. The van der Waals surface area contributed by atoms with Crippen molar-refractivity contribution in [2.24, 2.45) is 0 Å². The fourth-order valence-electron chi connectivity index (χ4n) is 3.20. The maximum absolute atomic E-state index is 11.3. The maximum Gasteiger partial charge on any atom is 0.417 e. The molecule has 2 aromatic rings. The van der Waals surface area contributed by atoms with Crippen LogP contribution in [-0.2, 0) is 9.47 Å². The van der Waals surface area contributed by atoms with Gasteiger partial charge in [0.25, 0.3) is 0 Å². The Morgan fingerprint density at radius 1 is 1.29 bits per heavy atom. The van der Waals surface area contributed by atoms with Gasteiger partial charge in [-0.3, -0.25) is 4.98 Å². The van der Waals surface area contributed by atoms with Gasteiger partial charge in [-0.1, -0.05) is 0 Å². The molecule has 0 amide bonds. The first-order chi connectivity index (χ1) is 10.2. The lowest BCUT2D eigenvalue weighted by Crippen LogP contribution is -2.49. The van der Waals surface area contributed by atoms with Crippen molar-refractivity contribution in [3.63, 3.8) is 0 Å². The normalized spacial score (nSPS) is 21.4. The fourth-order valence-corrected chi connectivity index (χ4v) is 3.20. The minimum atomic E-state index is -0.510. The van der Waals surface area contributed by atoms with E-state index >= 15 is 0 Å². The molecule has 21 heavy (non-hydrogen) atoms. The zero-order valence-electron chi connectivity index (χ0n) is 11.6. The molecule has 0 saturated carbocycles. The summed E-state index contributed by atoms with van der Waals surface area (Å²) in [6.07, 6.45) is 1.87. The number of nitrogens with two attached hydrogens (primary N) is 1. The van der Waals surface area contributed by atoms with Crippen molar-refractivity contribution in [3.8, 4) is 0 Å². The first-order valence-electron chi connectivity index (χ1n) is 7.10. The Bertz CT molecular complexity index is 729. The number of rotatable bonds is 1. The zero-order chi connectivity index (χ0) is 14.4. The van der Waals surface area contributed by atoms with Crippen molar-refractivity contribution in [2.75, 3.05) is 36.9 Å². The van der Waals surface area contributed by atoms with Gasteiger partial charge in [-0.25, -0.2) is 4.79 Å². The van der Waals surface area contributed by atoms with Crippen LogP contribution in [0.25, 0.3) is 11.1 Å². The Labute approximate surface area is 120 Å². The average molecular weight is 291 g/mol. The average Bonchev–Trinajstić information content (AvgIpc) is 3.04. The van der Waals surface area contributed by atoms with E-state index in [-0.39, 0.29) is 0 Å². The number of nitrogen functional groups attached to an aromatic ring is 1. The van der Waals surface area contributed by atoms with Crippen LogP contribution in [0.15, 0.2) is 21.3 Å². The highest BCUT2D eigenvalue weighted by Gasteiger charge is 2.41. The number of piperidine rings is 1. The molecule has 112 valence electrons. The van der Waals surface area contributed by atoms with E-state index < -0.39 is 11.5 Å². The predicted molar refractivity (Wildman–Crippen MR) is 77.3 cm³/mol. The van der Waals surface area contributed by atoms with Crippen LogP contribution in [0.1, 0.15) is 12.8 Å². The van der Waals surface area contributed by atoms with Crippen molar-refractivity contribution in [2.45, 2.75) is 18.6 Å². The molecule has 2 fully saturated rings. The third-order valence-corrected chi connectivity index (χ3v) is 4.14. The van der Waals surface area contributed by atoms with Gasteiger partial charge >= 0.3 is 5.76 Å². The number of aromatic nitrogens is 1. The SMILES string of the molecule is Nc1cc2oc(=O)[nH]c2cc1N1CCCC2(C1)OCCO2. The van der Waals surface area contributed by atoms with Crippen molar-refractivity contribution in [1.82, 2.24) is 4.98 Å². The second-order valence-corrected chi connectivity index (χ2v) is 5.55. The summed E-state index contributed by atoms with van der Waals surface area (Å²) in [5.41, 5.74) is 8.69. The molecule has 2 aliphatic heterocycles. The number of nitrogens with one attached hydrogen (secondary N) is 1. The second-order valence-electron chi connectivity index (χ2n) is 5.55. The highest BCUT2D eigenvalue weighted by molar-refractivity contribution is 5.85. The number of oxazole rings is 1. The molecular weight excluding hydrogens is 274 g/mol. The molecule has 0 radical (unpaired) electrons. The Morgan fingerprint density at radius 2 is 2.10 bits per heavy atom. The van der Waals surface area contributed by atoms with E-state index in [2.05, 4.69) is 9.88 Å². The molecule has 3 heterocycles. The van der Waals surface area contributed by atoms with Crippen LogP contribution in [-0.4, -0.2) is 37.1 Å². The number of anilines is 2. The van der Waals surface area contributed by atoms with Gasteiger partial charge in [0.15, 0.2) is 11.4 Å². The predicted octanol–water partition coefficient (Wildman–Crippen LogP) is 1.05. The minimum Gasteiger partial charge on any atom is -0.408 e. The van der Waals surface area contributed by atoms with E-state index in [9.17, 15) is 4.79 Å². The van der Waals surface area contributed by atoms with Crippen LogP contribution in [0.5, 0.6) is 0 Å². The van der Waals surface area contributed by atoms with Gasteiger partial charge in [-0.15, -0.1) is 0 Å². The Hall–Kier alpha value is -1.99. The molecule has 1 spiro atoms. The van der Waals surface area contributed by atoms with E-state index in [0.29, 0.717) is 36.5 Å². The summed E-state index contributed by atoms with van der Waals surface area (Å²) in [4.78, 5) is 16.1. The van der Waals surface area contributed by atoms with Gasteiger partial charge in [-0.05, 0) is 12.5 Å². The number of ether oxygens (including phenoxy) is 2. The van der Waals surface area contributed by atoms with Crippen LogP contribution < -0.4 is 16.4 Å². The van der Waals surface area contributed by atoms with E-state index in [0.717, 1.165) is 25.1 Å². The smallest absolute Gasteiger partial charge is 0.408 e. The first-order valence-corrected chi connectivity index (χ1v) is 7.10. The van der Waals surface area contributed by atoms with Crippen LogP contribution in [0.4, 0.5) is 11.4 Å². The summed E-state index contributed by atoms with van der Waals surface area (Å²) in [7, 11) is 0. The van der Waals surface area contributed by atoms with E-state index in [4.69, 9.17) is 19.6 Å².